The van der Waals surface area contributed by atoms with Crippen LogP contribution in [-0.4, -0.2) is 68.2 Å². The van der Waals surface area contributed by atoms with Crippen LogP contribution in [0.25, 0.3) is 49.8 Å². The molecule has 0 aliphatic rings. The molecular weight excluding hydrogens is 1090 g/mol. The summed E-state index contributed by atoms with van der Waals surface area (Å²) >= 11 is 19.1. The van der Waals surface area contributed by atoms with Crippen LogP contribution in [0.2, 0.25) is 0 Å². The number of benzene rings is 6. The van der Waals surface area contributed by atoms with Crippen LogP contribution in [0.5, 0.6) is 0 Å². The zero-order valence-electron chi connectivity index (χ0n) is 49.7. The van der Waals surface area contributed by atoms with Crippen LogP contribution < -0.4 is 21.7 Å². The SMILES string of the molecule is CC.CC.CC.CC.CC(=O)Nc1ccc(-n2c(C)cc3ccccc32)cc1.CC(=O)Nc1ccc(-n2c(C)cc3ccccc32)cc1.CC(=O)O.CNCOC.Cc1cc2ccccc2n1-c1ccc(N)cc1.ClCCl.ClCCl. The third-order valence-electron chi connectivity index (χ3n) is 10.0. The number of aliphatic carboxylic acids is 1. The Balaban J connectivity index is 0. The maximum absolute atomic E-state index is 11.0. The monoisotopic (exact) mass is 1170 g/mol. The Morgan fingerprint density at radius 3 is 0.925 bits per heavy atom. The number of alkyl halides is 4. The van der Waals surface area contributed by atoms with E-state index in [-0.39, 0.29) is 22.5 Å². The Bertz CT molecular complexity index is 2920. The summed E-state index contributed by atoms with van der Waals surface area (Å²) in [6.45, 7) is 27.1. The number of amides is 2. The highest BCUT2D eigenvalue weighted by atomic mass is 35.5. The fourth-order valence-corrected chi connectivity index (χ4v) is 7.47. The van der Waals surface area contributed by atoms with E-state index in [4.69, 9.17) is 62.0 Å². The number of carbonyl (C=O) groups excluding carboxylic acids is 2. The Morgan fingerprint density at radius 1 is 0.475 bits per heavy atom. The summed E-state index contributed by atoms with van der Waals surface area (Å²) in [6, 6.07) is 55.3. The van der Waals surface area contributed by atoms with Gasteiger partial charge in [-0.2, -0.15) is 0 Å². The number of carbonyl (C=O) groups is 3. The van der Waals surface area contributed by atoms with Crippen molar-refractivity contribution in [2.24, 2.45) is 0 Å². The van der Waals surface area contributed by atoms with E-state index in [1.165, 1.54) is 63.6 Å². The molecule has 80 heavy (non-hydrogen) atoms. The van der Waals surface area contributed by atoms with E-state index in [2.05, 4.69) is 134 Å². The van der Waals surface area contributed by atoms with Crippen LogP contribution in [0.15, 0.2) is 164 Å². The maximum Gasteiger partial charge on any atom is 0.300 e. The summed E-state index contributed by atoms with van der Waals surface area (Å²) in [5.74, 6) is -0.944. The zero-order valence-corrected chi connectivity index (χ0v) is 52.7. The molecule has 0 aliphatic carbocycles. The standard InChI is InChI=1S/2C17H16N2O.C15H14N2.C3H9NO.C2H4O2.4C2H6.2CH2Cl2/c2*1-12-11-14-5-3-4-6-17(14)19(12)16-9-7-15(8-10-16)18-13(2)20;1-11-10-12-4-2-3-5-15(12)17(11)14-8-6-13(16)7-9-14;1-4-3-5-2;1-2(3)4;4*1-2;2*2-1-3/h2*3-11H,1-2H3,(H,18,20);2-10H,16H2,1H3;4H,3H2,1-2H3;1H3,(H,3,4);4*1-2H3;2*1H2. The molecule has 16 heteroatoms. The smallest absolute Gasteiger partial charge is 0.300 e. The Labute approximate surface area is 497 Å². The van der Waals surface area contributed by atoms with Gasteiger partial charge in [-0.15, -0.1) is 46.4 Å². The van der Waals surface area contributed by atoms with Gasteiger partial charge in [-0.05, 0) is 137 Å². The average Bonchev–Trinajstić information content (AvgIpc) is 4.13. The number of methoxy groups -OCH3 is 1. The molecule has 0 aliphatic heterocycles. The van der Waals surface area contributed by atoms with Crippen LogP contribution in [0.4, 0.5) is 17.1 Å². The number of para-hydroxylation sites is 3. The molecule has 12 nitrogen and oxygen atoms in total. The van der Waals surface area contributed by atoms with E-state index in [9.17, 15) is 9.59 Å². The summed E-state index contributed by atoms with van der Waals surface area (Å²) in [7, 11) is 3.49. The molecule has 0 saturated heterocycles. The van der Waals surface area contributed by atoms with Crippen molar-refractivity contribution in [1.29, 1.82) is 0 Å². The highest BCUT2D eigenvalue weighted by molar-refractivity contribution is 6.41. The van der Waals surface area contributed by atoms with Gasteiger partial charge >= 0.3 is 0 Å². The molecule has 3 heterocycles. The molecule has 2 amide bonds. The van der Waals surface area contributed by atoms with Crippen molar-refractivity contribution in [3.63, 3.8) is 0 Å². The van der Waals surface area contributed by atoms with Gasteiger partial charge in [0.1, 0.15) is 0 Å². The van der Waals surface area contributed by atoms with Gasteiger partial charge in [0, 0.05) is 95.2 Å². The summed E-state index contributed by atoms with van der Waals surface area (Å²) in [5.41, 5.74) is 18.7. The molecule has 0 spiro atoms. The lowest BCUT2D eigenvalue weighted by Crippen LogP contribution is -2.08. The highest BCUT2D eigenvalue weighted by Gasteiger charge is 2.10. The third kappa shape index (κ3) is 26.9. The van der Waals surface area contributed by atoms with Crippen molar-refractivity contribution in [2.45, 2.75) is 96.9 Å². The van der Waals surface area contributed by atoms with Crippen molar-refractivity contribution in [2.75, 3.05) is 47.9 Å². The average molecular weight is 1180 g/mol. The number of hydrogen-bond acceptors (Lipinski definition) is 6. The van der Waals surface area contributed by atoms with Gasteiger partial charge in [-0.3, -0.25) is 19.7 Å². The number of fused-ring (bicyclic) bond motifs is 3. The first-order chi connectivity index (χ1) is 38.5. The lowest BCUT2D eigenvalue weighted by atomic mass is 10.2. The second kappa shape index (κ2) is 45.0. The zero-order chi connectivity index (χ0) is 61.2. The highest BCUT2D eigenvalue weighted by Crippen LogP contribution is 2.27. The lowest BCUT2D eigenvalue weighted by molar-refractivity contribution is -0.134. The van der Waals surface area contributed by atoms with Crippen LogP contribution in [0, 0.1) is 20.8 Å². The van der Waals surface area contributed by atoms with Crippen molar-refractivity contribution in [3.05, 3.63) is 181 Å². The van der Waals surface area contributed by atoms with Crippen molar-refractivity contribution in [3.8, 4) is 17.1 Å². The number of carboxylic acids is 1. The van der Waals surface area contributed by atoms with E-state index in [1.54, 1.807) is 7.11 Å². The van der Waals surface area contributed by atoms with Crippen LogP contribution in [0.3, 0.4) is 0 Å². The van der Waals surface area contributed by atoms with E-state index in [0.29, 0.717) is 6.73 Å². The van der Waals surface area contributed by atoms with Crippen molar-refractivity contribution >= 4 is 114 Å². The number of nitrogen functional groups attached to an aromatic ring is 1. The van der Waals surface area contributed by atoms with Gasteiger partial charge in [-0.1, -0.05) is 110 Å². The molecule has 3 aromatic heterocycles. The van der Waals surface area contributed by atoms with E-state index < -0.39 is 5.97 Å². The minimum Gasteiger partial charge on any atom is -0.481 e. The first kappa shape index (κ1) is 75.3. The molecule has 6 N–H and O–H groups in total. The second-order valence-electron chi connectivity index (χ2n) is 15.6. The molecule has 9 rings (SSSR count). The first-order valence-electron chi connectivity index (χ1n) is 26.4. The number of anilines is 3. The fourth-order valence-electron chi connectivity index (χ4n) is 7.47. The van der Waals surface area contributed by atoms with Gasteiger partial charge in [0.25, 0.3) is 5.97 Å². The van der Waals surface area contributed by atoms with E-state index in [1.807, 2.05) is 147 Å². The number of carboxylic acid groups (broad SMARTS) is 1. The molecule has 0 unspecified atom stereocenters. The molecule has 0 saturated carbocycles. The number of nitrogens with zero attached hydrogens (tertiary/aromatic N) is 3. The number of rotatable bonds is 7. The quantitative estimate of drug-likeness (QED) is 0.0604. The number of aryl methyl sites for hydroxylation is 3. The number of hydrogen-bond donors (Lipinski definition) is 5. The minimum atomic E-state index is -0.833. The number of nitrogens with two attached hydrogens (primary N) is 1. The molecule has 6 aromatic carbocycles. The van der Waals surface area contributed by atoms with Gasteiger partial charge in [0.15, 0.2) is 0 Å². The normalized spacial score (nSPS) is 9.25. The predicted octanol–water partition coefficient (Wildman–Crippen LogP) is 18.2. The van der Waals surface area contributed by atoms with Crippen molar-refractivity contribution < 1.29 is 24.2 Å². The summed E-state index contributed by atoms with van der Waals surface area (Å²) in [5, 5.41) is 19.9. The number of nitrogens with one attached hydrogen (secondary N) is 3. The molecule has 0 fully saturated rings. The number of ether oxygens (including phenoxy) is 1. The lowest BCUT2D eigenvalue weighted by Gasteiger charge is -2.09. The minimum absolute atomic E-state index is 0.0552. The molecule has 0 bridgehead atoms. The van der Waals surface area contributed by atoms with Gasteiger partial charge in [0.2, 0.25) is 11.8 Å². The molecular formula is C64H87Cl4N7O5. The summed E-state index contributed by atoms with van der Waals surface area (Å²) < 4.78 is 11.3. The van der Waals surface area contributed by atoms with Crippen LogP contribution in [0.1, 0.15) is 93.2 Å². The Hall–Kier alpha value is -6.77. The third-order valence-corrected chi connectivity index (χ3v) is 10.0. The largest absolute Gasteiger partial charge is 0.481 e. The maximum atomic E-state index is 11.0. The van der Waals surface area contributed by atoms with Crippen LogP contribution in [-0.2, 0) is 19.1 Å². The van der Waals surface area contributed by atoms with E-state index >= 15 is 0 Å². The molecule has 0 atom stereocenters. The Kier molecular flexibility index (Phi) is 42.4. The fraction of sp³-hybridized carbons (Fsp3) is 0.297. The molecule has 436 valence electrons. The second-order valence-corrected chi connectivity index (χ2v) is 17.2. The molecule has 9 aromatic rings. The topological polar surface area (TPSA) is 158 Å². The van der Waals surface area contributed by atoms with Crippen molar-refractivity contribution in [1.82, 2.24) is 19.0 Å². The van der Waals surface area contributed by atoms with E-state index in [0.717, 1.165) is 41.0 Å². The summed E-state index contributed by atoms with van der Waals surface area (Å²) in [4.78, 5) is 31.1. The van der Waals surface area contributed by atoms with Gasteiger partial charge in [-0.25, -0.2) is 0 Å². The predicted molar refractivity (Wildman–Crippen MR) is 350 cm³/mol. The first-order valence-corrected chi connectivity index (χ1v) is 28.6. The number of halogens is 4. The van der Waals surface area contributed by atoms with Gasteiger partial charge in [0.05, 0.1) is 34.0 Å². The van der Waals surface area contributed by atoms with Crippen LogP contribution >= 0.6 is 46.4 Å². The Morgan fingerprint density at radius 2 is 0.713 bits per heavy atom. The molecule has 0 radical (unpaired) electrons. The summed E-state index contributed by atoms with van der Waals surface area (Å²) in [6.07, 6.45) is 0. The number of aromatic nitrogens is 3. The van der Waals surface area contributed by atoms with Gasteiger partial charge < -0.3 is 39.9 Å².